The Labute approximate surface area is 180 Å². The molecule has 3 aromatic carbocycles. The lowest BCUT2D eigenvalue weighted by atomic mass is 10.1. The monoisotopic (exact) mass is 413 g/mol. The minimum atomic E-state index is -0.165. The van der Waals surface area contributed by atoms with Crippen molar-refractivity contribution in [1.29, 1.82) is 0 Å². The first-order valence-corrected chi connectivity index (χ1v) is 9.95. The van der Waals surface area contributed by atoms with Crippen LogP contribution in [0.25, 0.3) is 5.70 Å². The summed E-state index contributed by atoms with van der Waals surface area (Å²) in [5, 5.41) is 28.5. The van der Waals surface area contributed by atoms with Crippen LogP contribution in [0.15, 0.2) is 96.6 Å². The van der Waals surface area contributed by atoms with Gasteiger partial charge in [-0.2, -0.15) is 0 Å². The topological polar surface area (TPSA) is 93.6 Å². The van der Waals surface area contributed by atoms with Crippen molar-refractivity contribution < 1.29 is 15.0 Å². The number of nitrogens with one attached hydrogen (secondary N) is 3. The molecular formula is C25H23N3O3. The lowest BCUT2D eigenvalue weighted by Crippen LogP contribution is -2.38. The van der Waals surface area contributed by atoms with E-state index < -0.39 is 0 Å². The summed E-state index contributed by atoms with van der Waals surface area (Å²) < 4.78 is 0. The number of hydrogen-bond acceptors (Lipinski definition) is 5. The summed E-state index contributed by atoms with van der Waals surface area (Å²) in [4.78, 5) is 12.6. The van der Waals surface area contributed by atoms with Gasteiger partial charge in [0.25, 0.3) is 0 Å². The maximum atomic E-state index is 12.6. The molecule has 0 aromatic heterocycles. The first-order chi connectivity index (χ1) is 15.1. The Hall–Kier alpha value is -4.19. The number of carbonyl (C=O) groups excluding carboxylic acids is 1. The van der Waals surface area contributed by atoms with Crippen molar-refractivity contribution >= 4 is 11.6 Å². The Kier molecular flexibility index (Phi) is 5.89. The van der Waals surface area contributed by atoms with Crippen LogP contribution in [0.1, 0.15) is 16.7 Å². The van der Waals surface area contributed by atoms with E-state index in [2.05, 4.69) is 16.0 Å². The summed E-state index contributed by atoms with van der Waals surface area (Å²) in [5.41, 5.74) is 4.48. The molecule has 6 heteroatoms. The van der Waals surface area contributed by atoms with Crippen LogP contribution in [-0.2, 0) is 17.6 Å². The summed E-state index contributed by atoms with van der Waals surface area (Å²) in [7, 11) is 0. The Morgan fingerprint density at radius 1 is 0.806 bits per heavy atom. The predicted octanol–water partition coefficient (Wildman–Crippen LogP) is 3.36. The second kappa shape index (κ2) is 9.09. The minimum absolute atomic E-state index is 0.165. The number of aromatic hydroxyl groups is 2. The molecule has 1 amide bonds. The van der Waals surface area contributed by atoms with Gasteiger partial charge >= 0.3 is 0 Å². The fourth-order valence-corrected chi connectivity index (χ4v) is 3.32. The largest absolute Gasteiger partial charge is 0.508 e. The first kappa shape index (κ1) is 20.1. The highest BCUT2D eigenvalue weighted by Gasteiger charge is 2.17. The molecule has 0 bridgehead atoms. The van der Waals surface area contributed by atoms with Crippen molar-refractivity contribution in [2.75, 3.05) is 0 Å². The van der Waals surface area contributed by atoms with Gasteiger partial charge in [0.05, 0.1) is 17.8 Å². The molecule has 156 valence electrons. The number of carbonyl (C=O) groups is 1. The van der Waals surface area contributed by atoms with Crippen molar-refractivity contribution in [2.45, 2.75) is 12.8 Å². The normalized spacial score (nSPS) is 13.1. The molecule has 1 aliphatic heterocycles. The zero-order valence-corrected chi connectivity index (χ0v) is 16.8. The van der Waals surface area contributed by atoms with Crippen LogP contribution in [0.4, 0.5) is 0 Å². The third-order valence-corrected chi connectivity index (χ3v) is 4.92. The maximum Gasteiger partial charge on any atom is 0.229 e. The van der Waals surface area contributed by atoms with E-state index >= 15 is 0 Å². The van der Waals surface area contributed by atoms with E-state index in [1.54, 1.807) is 42.6 Å². The lowest BCUT2D eigenvalue weighted by molar-refractivity contribution is -0.119. The van der Waals surface area contributed by atoms with Crippen LogP contribution >= 0.6 is 0 Å². The van der Waals surface area contributed by atoms with Gasteiger partial charge < -0.3 is 26.2 Å². The van der Waals surface area contributed by atoms with Gasteiger partial charge in [0, 0.05) is 12.6 Å². The maximum absolute atomic E-state index is 12.6. The molecule has 0 unspecified atom stereocenters. The summed E-state index contributed by atoms with van der Waals surface area (Å²) in [6.07, 6.45) is 2.58. The fraction of sp³-hybridized carbons (Fsp3) is 0.0800. The van der Waals surface area contributed by atoms with Crippen molar-refractivity contribution in [2.24, 2.45) is 0 Å². The molecule has 0 aliphatic carbocycles. The quantitative estimate of drug-likeness (QED) is 0.427. The molecule has 0 fully saturated rings. The average Bonchev–Trinajstić information content (AvgIpc) is 2.78. The fourth-order valence-electron chi connectivity index (χ4n) is 3.32. The zero-order chi connectivity index (χ0) is 21.6. The van der Waals surface area contributed by atoms with Crippen LogP contribution in [0, 0.1) is 0 Å². The second-order valence-corrected chi connectivity index (χ2v) is 7.28. The number of phenols is 2. The van der Waals surface area contributed by atoms with E-state index in [1.807, 2.05) is 42.5 Å². The van der Waals surface area contributed by atoms with E-state index in [4.69, 9.17) is 0 Å². The molecule has 6 nitrogen and oxygen atoms in total. The van der Waals surface area contributed by atoms with E-state index in [9.17, 15) is 15.0 Å². The Bertz CT molecular complexity index is 1120. The highest BCUT2D eigenvalue weighted by atomic mass is 16.3. The molecular weight excluding hydrogens is 390 g/mol. The van der Waals surface area contributed by atoms with Crippen molar-refractivity contribution in [1.82, 2.24) is 16.0 Å². The van der Waals surface area contributed by atoms with Gasteiger partial charge in [-0.15, -0.1) is 0 Å². The van der Waals surface area contributed by atoms with Crippen LogP contribution in [0.5, 0.6) is 11.5 Å². The SMILES string of the molecule is O=C(Cc1ccc(O)cc1)NC1=C(Cc2ccccc2)NC(c2ccc(O)cc2)=CN1. The van der Waals surface area contributed by atoms with Crippen LogP contribution < -0.4 is 16.0 Å². The molecule has 1 aliphatic rings. The van der Waals surface area contributed by atoms with Crippen LogP contribution in [0.3, 0.4) is 0 Å². The Morgan fingerprint density at radius 2 is 1.45 bits per heavy atom. The molecule has 3 aromatic rings. The number of phenolic OH excluding ortho intramolecular Hbond substituents is 2. The first-order valence-electron chi connectivity index (χ1n) is 9.95. The summed E-state index contributed by atoms with van der Waals surface area (Å²) in [6, 6.07) is 23.5. The van der Waals surface area contributed by atoms with E-state index in [0.717, 1.165) is 28.1 Å². The van der Waals surface area contributed by atoms with Gasteiger partial charge in [0.1, 0.15) is 17.3 Å². The zero-order valence-electron chi connectivity index (χ0n) is 16.8. The number of hydrogen-bond donors (Lipinski definition) is 5. The smallest absolute Gasteiger partial charge is 0.229 e. The number of amides is 1. The molecule has 1 heterocycles. The third-order valence-electron chi connectivity index (χ3n) is 4.92. The highest BCUT2D eigenvalue weighted by molar-refractivity contribution is 5.81. The molecule has 4 rings (SSSR count). The summed E-state index contributed by atoms with van der Waals surface area (Å²) in [5.74, 6) is 0.801. The lowest BCUT2D eigenvalue weighted by Gasteiger charge is -2.25. The standard InChI is InChI=1S/C25H23N3O3/c29-20-10-6-18(7-11-20)15-24(31)28-25-22(14-17-4-2-1-3-5-17)27-23(16-26-25)19-8-12-21(30)13-9-19/h1-13,16,26-27,29-30H,14-15H2,(H,28,31). The molecule has 0 spiro atoms. The van der Waals surface area contributed by atoms with Crippen LogP contribution in [0.2, 0.25) is 0 Å². The Balaban J connectivity index is 1.54. The van der Waals surface area contributed by atoms with Crippen molar-refractivity contribution in [3.05, 3.63) is 113 Å². The van der Waals surface area contributed by atoms with Gasteiger partial charge in [-0.05, 0) is 53.1 Å². The van der Waals surface area contributed by atoms with E-state index in [0.29, 0.717) is 12.2 Å². The number of rotatable bonds is 6. The van der Waals surface area contributed by atoms with Crippen molar-refractivity contribution in [3.63, 3.8) is 0 Å². The van der Waals surface area contributed by atoms with Gasteiger partial charge in [0.15, 0.2) is 0 Å². The number of allylic oxidation sites excluding steroid dienone is 1. The van der Waals surface area contributed by atoms with E-state index in [-0.39, 0.29) is 23.8 Å². The third kappa shape index (κ3) is 5.25. The molecule has 31 heavy (non-hydrogen) atoms. The Morgan fingerprint density at radius 3 is 2.13 bits per heavy atom. The number of benzene rings is 3. The molecule has 0 atom stereocenters. The van der Waals surface area contributed by atoms with Gasteiger partial charge in [-0.3, -0.25) is 4.79 Å². The average molecular weight is 413 g/mol. The summed E-state index contributed by atoms with van der Waals surface area (Å²) in [6.45, 7) is 0. The summed E-state index contributed by atoms with van der Waals surface area (Å²) >= 11 is 0. The molecule has 0 saturated heterocycles. The molecule has 0 radical (unpaired) electrons. The van der Waals surface area contributed by atoms with Gasteiger partial charge in [-0.25, -0.2) is 0 Å². The van der Waals surface area contributed by atoms with E-state index in [1.165, 1.54) is 0 Å². The van der Waals surface area contributed by atoms with Gasteiger partial charge in [0.2, 0.25) is 5.91 Å². The molecule has 0 saturated carbocycles. The minimum Gasteiger partial charge on any atom is -0.508 e. The van der Waals surface area contributed by atoms with Crippen molar-refractivity contribution in [3.8, 4) is 11.5 Å². The predicted molar refractivity (Wildman–Crippen MR) is 119 cm³/mol. The van der Waals surface area contributed by atoms with Crippen LogP contribution in [-0.4, -0.2) is 16.1 Å². The van der Waals surface area contributed by atoms with Gasteiger partial charge in [-0.1, -0.05) is 42.5 Å². The second-order valence-electron chi connectivity index (χ2n) is 7.28. The molecule has 5 N–H and O–H groups in total. The highest BCUT2D eigenvalue weighted by Crippen LogP contribution is 2.21.